The summed E-state index contributed by atoms with van der Waals surface area (Å²) in [6, 6.07) is 5.14. The molecule has 10 heteroatoms. The highest BCUT2D eigenvalue weighted by Gasteiger charge is 2.20. The highest BCUT2D eigenvalue weighted by Crippen LogP contribution is 2.25. The maximum absolute atomic E-state index is 13.5. The molecule has 6 nitrogen and oxygen atoms in total. The molecule has 0 aliphatic heterocycles. The minimum Gasteiger partial charge on any atom is -0.440 e. The summed E-state index contributed by atoms with van der Waals surface area (Å²) >= 11 is 1.39. The van der Waals surface area contributed by atoms with Crippen LogP contribution in [0.3, 0.4) is 0 Å². The number of thiophene rings is 1. The topological polar surface area (TPSA) is 84.2 Å². The first-order valence-electron chi connectivity index (χ1n) is 7.59. The number of rotatable bonds is 5. The Morgan fingerprint density at radius 3 is 2.67 bits per heavy atom. The van der Waals surface area contributed by atoms with Crippen molar-refractivity contribution in [2.24, 2.45) is 0 Å². The monoisotopic (exact) mass is 395 g/mol. The summed E-state index contributed by atoms with van der Waals surface area (Å²) in [5, 5.41) is 6.18. The lowest BCUT2D eigenvalue weighted by Gasteiger charge is -2.08. The number of aromatic nitrogens is 1. The van der Waals surface area contributed by atoms with Crippen LogP contribution in [0.1, 0.15) is 16.2 Å². The maximum atomic E-state index is 13.5. The van der Waals surface area contributed by atoms with Gasteiger partial charge in [-0.25, -0.2) is 18.2 Å². The van der Waals surface area contributed by atoms with Gasteiger partial charge in [0, 0.05) is 0 Å². The van der Waals surface area contributed by atoms with Crippen LogP contribution in [0.25, 0.3) is 10.8 Å². The minimum absolute atomic E-state index is 0.00482. The van der Waals surface area contributed by atoms with Crippen LogP contribution < -0.4 is 10.6 Å². The molecule has 0 spiro atoms. The van der Waals surface area contributed by atoms with E-state index in [2.05, 4.69) is 10.3 Å². The molecule has 0 atom stereocenters. The van der Waals surface area contributed by atoms with Crippen molar-refractivity contribution in [2.75, 3.05) is 11.9 Å². The van der Waals surface area contributed by atoms with Gasteiger partial charge in [-0.15, -0.1) is 11.3 Å². The van der Waals surface area contributed by atoms with Gasteiger partial charge in [0.2, 0.25) is 11.8 Å². The zero-order valence-electron chi connectivity index (χ0n) is 13.8. The van der Waals surface area contributed by atoms with Crippen LogP contribution in [0.15, 0.2) is 34.1 Å². The number of carbonyl (C=O) groups is 2. The lowest BCUT2D eigenvalue weighted by molar-refractivity contribution is -0.115. The van der Waals surface area contributed by atoms with Crippen LogP contribution in [0.4, 0.5) is 18.9 Å². The molecule has 0 saturated heterocycles. The number of amides is 2. The number of nitrogens with one attached hydrogen (secondary N) is 2. The zero-order chi connectivity index (χ0) is 19.6. The highest BCUT2D eigenvalue weighted by atomic mass is 32.1. The second kappa shape index (κ2) is 7.62. The van der Waals surface area contributed by atoms with Crippen molar-refractivity contribution in [3.8, 4) is 10.8 Å². The second-order valence-corrected chi connectivity index (χ2v) is 6.30. The zero-order valence-corrected chi connectivity index (χ0v) is 14.6. The van der Waals surface area contributed by atoms with E-state index >= 15 is 0 Å². The lowest BCUT2D eigenvalue weighted by Crippen LogP contribution is -2.33. The lowest BCUT2D eigenvalue weighted by atomic mass is 10.2. The van der Waals surface area contributed by atoms with Gasteiger partial charge in [0.25, 0.3) is 5.91 Å². The molecule has 0 aliphatic rings. The highest BCUT2D eigenvalue weighted by molar-refractivity contribution is 7.13. The Morgan fingerprint density at radius 1 is 1.19 bits per heavy atom. The van der Waals surface area contributed by atoms with E-state index < -0.39 is 41.5 Å². The fourth-order valence-corrected chi connectivity index (χ4v) is 2.82. The van der Waals surface area contributed by atoms with Gasteiger partial charge in [0.05, 0.1) is 17.1 Å². The second-order valence-electron chi connectivity index (χ2n) is 5.35. The molecule has 0 aliphatic carbocycles. The normalized spacial score (nSPS) is 10.7. The summed E-state index contributed by atoms with van der Waals surface area (Å²) in [6.07, 6.45) is 0. The number of aryl methyl sites for hydroxylation is 1. The van der Waals surface area contributed by atoms with Crippen LogP contribution in [0, 0.1) is 24.4 Å². The number of carbonyl (C=O) groups excluding carboxylic acids is 2. The number of anilines is 1. The van der Waals surface area contributed by atoms with E-state index in [1.807, 2.05) is 10.7 Å². The van der Waals surface area contributed by atoms with Gasteiger partial charge < -0.3 is 15.1 Å². The van der Waals surface area contributed by atoms with Crippen molar-refractivity contribution in [2.45, 2.75) is 6.92 Å². The molecular formula is C17H12F3N3O3S. The summed E-state index contributed by atoms with van der Waals surface area (Å²) in [4.78, 5) is 28.8. The third-order valence-electron chi connectivity index (χ3n) is 3.46. The van der Waals surface area contributed by atoms with E-state index in [1.54, 1.807) is 19.1 Å². The minimum atomic E-state index is -1.70. The van der Waals surface area contributed by atoms with Gasteiger partial charge >= 0.3 is 0 Å². The third-order valence-corrected chi connectivity index (χ3v) is 4.32. The Kier molecular flexibility index (Phi) is 5.26. The van der Waals surface area contributed by atoms with E-state index in [0.717, 1.165) is 10.9 Å². The van der Waals surface area contributed by atoms with Crippen LogP contribution >= 0.6 is 11.3 Å². The Bertz CT molecular complexity index is 1000. The molecule has 3 aromatic rings. The molecule has 0 bridgehead atoms. The molecule has 0 radical (unpaired) electrons. The molecule has 1 aromatic carbocycles. The van der Waals surface area contributed by atoms with Gasteiger partial charge in [-0.3, -0.25) is 9.59 Å². The molecule has 140 valence electrons. The predicted molar refractivity (Wildman–Crippen MR) is 91.8 cm³/mol. The number of benzene rings is 1. The number of hydrogen-bond donors (Lipinski definition) is 2. The van der Waals surface area contributed by atoms with Gasteiger partial charge in [-0.1, -0.05) is 6.07 Å². The summed E-state index contributed by atoms with van der Waals surface area (Å²) in [7, 11) is 0. The summed E-state index contributed by atoms with van der Waals surface area (Å²) in [5.41, 5.74) is -0.532. The van der Waals surface area contributed by atoms with Crippen molar-refractivity contribution in [1.29, 1.82) is 0 Å². The molecule has 27 heavy (non-hydrogen) atoms. The van der Waals surface area contributed by atoms with E-state index in [-0.39, 0.29) is 17.3 Å². The largest absolute Gasteiger partial charge is 0.440 e. The van der Waals surface area contributed by atoms with Crippen LogP contribution in [0.5, 0.6) is 0 Å². The fraction of sp³-hybridized carbons (Fsp3) is 0.118. The van der Waals surface area contributed by atoms with Crippen molar-refractivity contribution in [3.05, 3.63) is 58.6 Å². The van der Waals surface area contributed by atoms with Crippen molar-refractivity contribution in [3.63, 3.8) is 0 Å². The van der Waals surface area contributed by atoms with E-state index in [1.165, 1.54) is 11.3 Å². The average molecular weight is 395 g/mol. The Hall–Kier alpha value is -3.14. The van der Waals surface area contributed by atoms with Gasteiger partial charge in [-0.2, -0.15) is 0 Å². The average Bonchev–Trinajstić information content (AvgIpc) is 3.30. The number of oxazole rings is 1. The first-order chi connectivity index (χ1) is 12.9. The predicted octanol–water partition coefficient (Wildman–Crippen LogP) is 3.50. The van der Waals surface area contributed by atoms with E-state index in [0.29, 0.717) is 6.07 Å². The van der Waals surface area contributed by atoms with E-state index in [4.69, 9.17) is 4.42 Å². The first-order valence-corrected chi connectivity index (χ1v) is 8.47. The molecule has 0 unspecified atom stereocenters. The molecule has 2 aromatic heterocycles. The summed E-state index contributed by atoms with van der Waals surface area (Å²) < 4.78 is 45.0. The van der Waals surface area contributed by atoms with Crippen LogP contribution in [-0.2, 0) is 4.79 Å². The molecule has 2 heterocycles. The van der Waals surface area contributed by atoms with E-state index in [9.17, 15) is 22.8 Å². The van der Waals surface area contributed by atoms with Gasteiger partial charge in [0.1, 0.15) is 5.76 Å². The number of hydrogen-bond acceptors (Lipinski definition) is 5. The maximum Gasteiger partial charge on any atom is 0.273 e. The molecule has 0 saturated carbocycles. The van der Waals surface area contributed by atoms with Crippen molar-refractivity contribution < 1.29 is 27.2 Å². The smallest absolute Gasteiger partial charge is 0.273 e. The van der Waals surface area contributed by atoms with Gasteiger partial charge in [0.15, 0.2) is 23.1 Å². The van der Waals surface area contributed by atoms with Crippen molar-refractivity contribution >= 4 is 28.8 Å². The molecule has 3 rings (SSSR count). The number of nitrogens with zero attached hydrogens (tertiary/aromatic N) is 1. The van der Waals surface area contributed by atoms with Gasteiger partial charge in [-0.05, 0) is 30.5 Å². The fourth-order valence-electron chi connectivity index (χ4n) is 2.17. The van der Waals surface area contributed by atoms with Crippen molar-refractivity contribution in [1.82, 2.24) is 10.3 Å². The number of halogens is 3. The molecular weight excluding hydrogens is 383 g/mol. The quantitative estimate of drug-likeness (QED) is 0.648. The Labute approximate surface area is 155 Å². The molecule has 2 N–H and O–H groups in total. The SMILES string of the molecule is Cc1oc(-c2cccs2)nc1C(=O)NCC(=O)Nc1ccc(F)c(F)c1F. The standard InChI is InChI=1S/C17H12F3N3O3S/c1-8-15(23-17(26-8)11-3-2-6-27-11)16(25)21-7-12(24)22-10-5-4-9(18)13(19)14(10)20/h2-6H,7H2,1H3,(H,21,25)(H,22,24). The summed E-state index contributed by atoms with van der Waals surface area (Å²) in [6.45, 7) is 1.02. The Balaban J connectivity index is 1.62. The summed E-state index contributed by atoms with van der Waals surface area (Å²) in [5.74, 6) is -5.54. The Morgan fingerprint density at radius 2 is 1.96 bits per heavy atom. The third kappa shape index (κ3) is 4.00. The molecule has 0 fully saturated rings. The molecule has 2 amide bonds. The van der Waals surface area contributed by atoms with Crippen LogP contribution in [0.2, 0.25) is 0 Å². The van der Waals surface area contributed by atoms with Crippen LogP contribution in [-0.4, -0.2) is 23.3 Å². The first kappa shape index (κ1) is 18.6.